The molecule has 2 heteroatoms. The van der Waals surface area contributed by atoms with Crippen LogP contribution in [0.3, 0.4) is 0 Å². The van der Waals surface area contributed by atoms with Crippen LogP contribution in [-0.4, -0.2) is 6.10 Å². The molecular formula is C15H21ClO. The predicted molar refractivity (Wildman–Crippen MR) is 72.6 cm³/mol. The summed E-state index contributed by atoms with van der Waals surface area (Å²) < 4.78 is 6.13. The highest BCUT2D eigenvalue weighted by atomic mass is 35.5. The third kappa shape index (κ3) is 3.38. The topological polar surface area (TPSA) is 9.23 Å². The minimum Gasteiger partial charge on any atom is -0.490 e. The van der Waals surface area contributed by atoms with E-state index in [0.29, 0.717) is 12.0 Å². The molecule has 0 amide bonds. The number of hydrogen-bond acceptors (Lipinski definition) is 1. The van der Waals surface area contributed by atoms with E-state index >= 15 is 0 Å². The number of rotatable bonds is 3. The summed E-state index contributed by atoms with van der Waals surface area (Å²) in [6.07, 6.45) is 4.02. The van der Waals surface area contributed by atoms with Crippen LogP contribution < -0.4 is 4.74 Å². The average molecular weight is 253 g/mol. The fourth-order valence-corrected chi connectivity index (χ4v) is 3.10. The van der Waals surface area contributed by atoms with E-state index in [0.717, 1.165) is 23.1 Å². The Morgan fingerprint density at radius 2 is 1.76 bits per heavy atom. The van der Waals surface area contributed by atoms with Gasteiger partial charge in [0.15, 0.2) is 0 Å². The van der Waals surface area contributed by atoms with Crippen molar-refractivity contribution in [3.05, 3.63) is 29.8 Å². The molecule has 0 aliphatic heterocycles. The zero-order valence-corrected chi connectivity index (χ0v) is 11.4. The molecule has 0 radical (unpaired) electrons. The van der Waals surface area contributed by atoms with Crippen LogP contribution in [0.5, 0.6) is 5.75 Å². The molecule has 94 valence electrons. The van der Waals surface area contributed by atoms with Gasteiger partial charge < -0.3 is 4.74 Å². The maximum Gasteiger partial charge on any atom is 0.124 e. The van der Waals surface area contributed by atoms with Crippen molar-refractivity contribution in [3.8, 4) is 5.75 Å². The molecule has 17 heavy (non-hydrogen) atoms. The van der Waals surface area contributed by atoms with Crippen molar-refractivity contribution >= 4 is 11.6 Å². The second kappa shape index (κ2) is 5.77. The Bertz CT molecular complexity index is 354. The standard InChI is InChI=1S/C15H21ClO/c1-11-7-12(2)9-14(8-11)17-15-6-4-3-5-13(15)10-16/h3-6,11-12,14H,7-10H2,1-2H3. The highest BCUT2D eigenvalue weighted by Gasteiger charge is 2.25. The van der Waals surface area contributed by atoms with Gasteiger partial charge >= 0.3 is 0 Å². The van der Waals surface area contributed by atoms with Gasteiger partial charge in [0.2, 0.25) is 0 Å². The number of benzene rings is 1. The van der Waals surface area contributed by atoms with Crippen LogP contribution in [0.1, 0.15) is 38.7 Å². The number of ether oxygens (including phenoxy) is 1. The van der Waals surface area contributed by atoms with Crippen molar-refractivity contribution in [1.82, 2.24) is 0 Å². The maximum absolute atomic E-state index is 6.13. The van der Waals surface area contributed by atoms with Gasteiger partial charge in [0, 0.05) is 5.56 Å². The summed E-state index contributed by atoms with van der Waals surface area (Å²) in [6.45, 7) is 4.64. The minimum atomic E-state index is 0.359. The van der Waals surface area contributed by atoms with Crippen molar-refractivity contribution in [2.45, 2.75) is 45.1 Å². The molecule has 0 saturated heterocycles. The van der Waals surface area contributed by atoms with Crippen molar-refractivity contribution in [1.29, 1.82) is 0 Å². The lowest BCUT2D eigenvalue weighted by atomic mass is 9.82. The zero-order chi connectivity index (χ0) is 12.3. The third-order valence-electron chi connectivity index (χ3n) is 3.55. The minimum absolute atomic E-state index is 0.359. The summed E-state index contributed by atoms with van der Waals surface area (Å²) in [7, 11) is 0. The number of alkyl halides is 1. The first kappa shape index (κ1) is 12.8. The van der Waals surface area contributed by atoms with Crippen LogP contribution in [0.2, 0.25) is 0 Å². The molecule has 1 nitrogen and oxygen atoms in total. The van der Waals surface area contributed by atoms with Crippen molar-refractivity contribution in [3.63, 3.8) is 0 Å². The van der Waals surface area contributed by atoms with E-state index in [9.17, 15) is 0 Å². The Labute approximate surface area is 109 Å². The van der Waals surface area contributed by atoms with Gasteiger partial charge in [-0.2, -0.15) is 0 Å². The molecule has 0 bridgehead atoms. The van der Waals surface area contributed by atoms with E-state index in [1.165, 1.54) is 19.3 Å². The summed E-state index contributed by atoms with van der Waals surface area (Å²) in [5.41, 5.74) is 1.10. The molecule has 0 heterocycles. The van der Waals surface area contributed by atoms with Crippen molar-refractivity contribution in [2.24, 2.45) is 11.8 Å². The number of halogens is 1. The van der Waals surface area contributed by atoms with Crippen LogP contribution in [0.4, 0.5) is 0 Å². The summed E-state index contributed by atoms with van der Waals surface area (Å²) in [5, 5.41) is 0. The molecular weight excluding hydrogens is 232 g/mol. The summed E-state index contributed by atoms with van der Waals surface area (Å²) in [6, 6.07) is 8.09. The van der Waals surface area contributed by atoms with Crippen molar-refractivity contribution < 1.29 is 4.74 Å². The van der Waals surface area contributed by atoms with E-state index in [4.69, 9.17) is 16.3 Å². The van der Waals surface area contributed by atoms with Gasteiger partial charge in [0.1, 0.15) is 5.75 Å². The molecule has 0 aromatic heterocycles. The number of hydrogen-bond donors (Lipinski definition) is 0. The van der Waals surface area contributed by atoms with Gasteiger partial charge in [-0.25, -0.2) is 0 Å². The molecule has 2 unspecified atom stereocenters. The fourth-order valence-electron chi connectivity index (χ4n) is 2.88. The normalized spacial score (nSPS) is 29.0. The smallest absolute Gasteiger partial charge is 0.124 e. The highest BCUT2D eigenvalue weighted by Crippen LogP contribution is 2.32. The Balaban J connectivity index is 2.04. The SMILES string of the molecule is CC1CC(C)CC(Oc2ccccc2CCl)C1. The van der Waals surface area contributed by atoms with Gasteiger partial charge in [-0.15, -0.1) is 11.6 Å². The first-order chi connectivity index (χ1) is 8.19. The molecule has 1 aromatic carbocycles. The second-order valence-corrected chi connectivity index (χ2v) is 5.67. The lowest BCUT2D eigenvalue weighted by Gasteiger charge is -2.32. The van der Waals surface area contributed by atoms with E-state index in [1.807, 2.05) is 24.3 Å². The predicted octanol–water partition coefficient (Wildman–Crippen LogP) is 4.63. The fraction of sp³-hybridized carbons (Fsp3) is 0.600. The molecule has 1 aliphatic carbocycles. The summed E-state index contributed by atoms with van der Waals surface area (Å²) in [4.78, 5) is 0. The van der Waals surface area contributed by atoms with E-state index in [1.54, 1.807) is 0 Å². The second-order valence-electron chi connectivity index (χ2n) is 5.40. The Kier molecular flexibility index (Phi) is 4.33. The van der Waals surface area contributed by atoms with Crippen LogP contribution >= 0.6 is 11.6 Å². The van der Waals surface area contributed by atoms with Gasteiger partial charge in [0.25, 0.3) is 0 Å². The van der Waals surface area contributed by atoms with E-state index in [-0.39, 0.29) is 0 Å². The van der Waals surface area contributed by atoms with E-state index < -0.39 is 0 Å². The van der Waals surface area contributed by atoms with Crippen LogP contribution in [-0.2, 0) is 5.88 Å². The molecule has 0 spiro atoms. The molecule has 1 fully saturated rings. The third-order valence-corrected chi connectivity index (χ3v) is 3.83. The molecule has 1 saturated carbocycles. The molecule has 0 N–H and O–H groups in total. The first-order valence-electron chi connectivity index (χ1n) is 6.49. The lowest BCUT2D eigenvalue weighted by molar-refractivity contribution is 0.100. The largest absolute Gasteiger partial charge is 0.490 e. The van der Waals surface area contributed by atoms with Gasteiger partial charge in [-0.1, -0.05) is 32.0 Å². The Hall–Kier alpha value is -0.690. The Morgan fingerprint density at radius 3 is 2.41 bits per heavy atom. The summed E-state index contributed by atoms with van der Waals surface area (Å²) >= 11 is 5.93. The highest BCUT2D eigenvalue weighted by molar-refractivity contribution is 6.17. The summed E-state index contributed by atoms with van der Waals surface area (Å²) in [5.74, 6) is 3.03. The molecule has 1 aliphatic rings. The van der Waals surface area contributed by atoms with Gasteiger partial charge in [0.05, 0.1) is 12.0 Å². The lowest BCUT2D eigenvalue weighted by Crippen LogP contribution is -2.28. The first-order valence-corrected chi connectivity index (χ1v) is 7.03. The average Bonchev–Trinajstić information content (AvgIpc) is 2.28. The van der Waals surface area contributed by atoms with Crippen LogP contribution in [0.15, 0.2) is 24.3 Å². The van der Waals surface area contributed by atoms with E-state index in [2.05, 4.69) is 13.8 Å². The van der Waals surface area contributed by atoms with Gasteiger partial charge in [-0.3, -0.25) is 0 Å². The monoisotopic (exact) mass is 252 g/mol. The zero-order valence-electron chi connectivity index (χ0n) is 10.7. The van der Waals surface area contributed by atoms with Crippen molar-refractivity contribution in [2.75, 3.05) is 0 Å². The van der Waals surface area contributed by atoms with Gasteiger partial charge in [-0.05, 0) is 37.2 Å². The molecule has 2 atom stereocenters. The molecule has 1 aromatic rings. The van der Waals surface area contributed by atoms with Crippen LogP contribution in [0, 0.1) is 11.8 Å². The maximum atomic E-state index is 6.13. The quantitative estimate of drug-likeness (QED) is 0.713. The number of para-hydroxylation sites is 1. The van der Waals surface area contributed by atoms with Crippen LogP contribution in [0.25, 0.3) is 0 Å². The Morgan fingerprint density at radius 1 is 1.12 bits per heavy atom. The molecule has 2 rings (SSSR count).